The molecular formula is C21H20N4O2. The maximum atomic E-state index is 12.1. The average Bonchev–Trinajstić information content (AvgIpc) is 2.68. The van der Waals surface area contributed by atoms with Crippen LogP contribution in [0.3, 0.4) is 0 Å². The zero-order valence-electron chi connectivity index (χ0n) is 15.3. The largest absolute Gasteiger partial charge is 0.315 e. The number of anilines is 1. The van der Waals surface area contributed by atoms with Gasteiger partial charge in [-0.15, -0.1) is 0 Å². The van der Waals surface area contributed by atoms with Gasteiger partial charge in [-0.25, -0.2) is 4.98 Å². The molecule has 27 heavy (non-hydrogen) atoms. The van der Waals surface area contributed by atoms with Gasteiger partial charge in [-0.1, -0.05) is 6.07 Å². The molecule has 3 aromatic rings. The van der Waals surface area contributed by atoms with Crippen LogP contribution in [-0.2, 0) is 17.8 Å². The van der Waals surface area contributed by atoms with Crippen molar-refractivity contribution in [2.45, 2.75) is 26.3 Å². The van der Waals surface area contributed by atoms with Crippen LogP contribution in [0.4, 0.5) is 5.69 Å². The molecule has 6 heteroatoms. The standard InChI is InChI=1S/C21H20N4O2/c1-14-23-8-7-21(27)25(14)13-15-9-18(12-22-11-15)16-3-5-19-17(10-16)4-6-20(26)24(19)2/h3,5,7-12H,4,6,13H2,1-2H3. The Labute approximate surface area is 157 Å². The van der Waals surface area contributed by atoms with E-state index in [0.29, 0.717) is 18.8 Å². The number of amides is 1. The van der Waals surface area contributed by atoms with Crippen LogP contribution >= 0.6 is 0 Å². The highest BCUT2D eigenvalue weighted by Crippen LogP contribution is 2.31. The Bertz CT molecular complexity index is 1090. The van der Waals surface area contributed by atoms with E-state index >= 15 is 0 Å². The SMILES string of the molecule is Cc1nccc(=O)n1Cc1cncc(-c2ccc3c(c2)CCC(=O)N3C)c1. The molecule has 0 aliphatic carbocycles. The summed E-state index contributed by atoms with van der Waals surface area (Å²) >= 11 is 0. The van der Waals surface area contributed by atoms with E-state index in [-0.39, 0.29) is 11.5 Å². The minimum Gasteiger partial charge on any atom is -0.315 e. The van der Waals surface area contributed by atoms with Crippen LogP contribution in [0.5, 0.6) is 0 Å². The molecule has 2 aromatic heterocycles. The zero-order chi connectivity index (χ0) is 19.0. The summed E-state index contributed by atoms with van der Waals surface area (Å²) in [6.07, 6.45) is 6.41. The van der Waals surface area contributed by atoms with E-state index in [4.69, 9.17) is 0 Å². The number of aromatic nitrogens is 3. The number of benzene rings is 1. The molecule has 4 rings (SSSR count). The van der Waals surface area contributed by atoms with Gasteiger partial charge in [0, 0.05) is 49.4 Å². The maximum absolute atomic E-state index is 12.1. The molecule has 0 N–H and O–H groups in total. The Kier molecular flexibility index (Phi) is 4.32. The van der Waals surface area contributed by atoms with Gasteiger partial charge in [0.05, 0.1) is 6.54 Å². The zero-order valence-corrected chi connectivity index (χ0v) is 15.3. The van der Waals surface area contributed by atoms with Crippen molar-refractivity contribution in [2.24, 2.45) is 0 Å². The van der Waals surface area contributed by atoms with Gasteiger partial charge < -0.3 is 4.90 Å². The predicted molar refractivity (Wildman–Crippen MR) is 104 cm³/mol. The molecule has 6 nitrogen and oxygen atoms in total. The topological polar surface area (TPSA) is 68.1 Å². The lowest BCUT2D eigenvalue weighted by Gasteiger charge is -2.26. The Hall–Kier alpha value is -3.28. The van der Waals surface area contributed by atoms with Crippen molar-refractivity contribution in [3.63, 3.8) is 0 Å². The second kappa shape index (κ2) is 6.79. The minimum atomic E-state index is -0.0746. The third-order valence-corrected chi connectivity index (χ3v) is 5.03. The first-order chi connectivity index (χ1) is 13.0. The fourth-order valence-corrected chi connectivity index (χ4v) is 3.47. The van der Waals surface area contributed by atoms with Gasteiger partial charge in [0.25, 0.3) is 5.56 Å². The Balaban J connectivity index is 1.67. The first-order valence-corrected chi connectivity index (χ1v) is 8.89. The van der Waals surface area contributed by atoms with Gasteiger partial charge in [0.2, 0.25) is 5.91 Å². The lowest BCUT2D eigenvalue weighted by Crippen LogP contribution is -2.30. The molecule has 0 bridgehead atoms. The monoisotopic (exact) mass is 360 g/mol. The third-order valence-electron chi connectivity index (χ3n) is 5.03. The van der Waals surface area contributed by atoms with E-state index < -0.39 is 0 Å². The molecule has 1 aromatic carbocycles. The Morgan fingerprint density at radius 1 is 1.04 bits per heavy atom. The van der Waals surface area contributed by atoms with Crippen molar-refractivity contribution in [3.05, 3.63) is 76.2 Å². The number of hydrogen-bond donors (Lipinski definition) is 0. The van der Waals surface area contributed by atoms with E-state index in [1.807, 2.05) is 38.4 Å². The van der Waals surface area contributed by atoms with Crippen LogP contribution in [0.15, 0.2) is 53.7 Å². The smallest absolute Gasteiger partial charge is 0.253 e. The number of hydrogen-bond acceptors (Lipinski definition) is 4. The van der Waals surface area contributed by atoms with E-state index in [9.17, 15) is 9.59 Å². The van der Waals surface area contributed by atoms with Crippen molar-refractivity contribution in [2.75, 3.05) is 11.9 Å². The van der Waals surface area contributed by atoms with Crippen molar-refractivity contribution >= 4 is 11.6 Å². The second-order valence-electron chi connectivity index (χ2n) is 6.79. The number of rotatable bonds is 3. The van der Waals surface area contributed by atoms with Crippen molar-refractivity contribution in [3.8, 4) is 11.1 Å². The van der Waals surface area contributed by atoms with Crippen LogP contribution in [0.2, 0.25) is 0 Å². The summed E-state index contributed by atoms with van der Waals surface area (Å²) in [7, 11) is 1.82. The fourth-order valence-electron chi connectivity index (χ4n) is 3.47. The van der Waals surface area contributed by atoms with E-state index in [1.54, 1.807) is 15.7 Å². The van der Waals surface area contributed by atoms with Crippen LogP contribution < -0.4 is 10.5 Å². The maximum Gasteiger partial charge on any atom is 0.253 e. The van der Waals surface area contributed by atoms with Crippen LogP contribution in [-0.4, -0.2) is 27.5 Å². The number of aryl methyl sites for hydroxylation is 2. The van der Waals surface area contributed by atoms with Gasteiger partial charge in [0.1, 0.15) is 5.82 Å². The molecule has 0 saturated heterocycles. The summed E-state index contributed by atoms with van der Waals surface area (Å²) in [5, 5.41) is 0. The fraction of sp³-hybridized carbons (Fsp3) is 0.238. The first-order valence-electron chi connectivity index (χ1n) is 8.89. The molecule has 0 unspecified atom stereocenters. The lowest BCUT2D eigenvalue weighted by molar-refractivity contribution is -0.118. The molecule has 0 fully saturated rings. The van der Waals surface area contributed by atoms with Crippen molar-refractivity contribution < 1.29 is 4.79 Å². The Morgan fingerprint density at radius 3 is 2.70 bits per heavy atom. The molecule has 136 valence electrons. The van der Waals surface area contributed by atoms with Gasteiger partial charge in [-0.2, -0.15) is 0 Å². The van der Waals surface area contributed by atoms with Crippen molar-refractivity contribution in [1.29, 1.82) is 0 Å². The highest BCUT2D eigenvalue weighted by Gasteiger charge is 2.21. The van der Waals surface area contributed by atoms with Gasteiger partial charge in [-0.05, 0) is 48.2 Å². The molecule has 0 radical (unpaired) electrons. The third kappa shape index (κ3) is 3.26. The summed E-state index contributed by atoms with van der Waals surface area (Å²) < 4.78 is 1.63. The van der Waals surface area contributed by atoms with Gasteiger partial charge in [-0.3, -0.25) is 19.1 Å². The van der Waals surface area contributed by atoms with Gasteiger partial charge in [0.15, 0.2) is 0 Å². The number of carbonyl (C=O) groups excluding carboxylic acids is 1. The van der Waals surface area contributed by atoms with E-state index in [1.165, 1.54) is 17.8 Å². The quantitative estimate of drug-likeness (QED) is 0.720. The molecule has 1 aliphatic heterocycles. The molecule has 0 atom stereocenters. The number of fused-ring (bicyclic) bond motifs is 1. The normalized spacial score (nSPS) is 13.6. The summed E-state index contributed by atoms with van der Waals surface area (Å²) in [6.45, 7) is 2.25. The highest BCUT2D eigenvalue weighted by molar-refractivity contribution is 5.96. The summed E-state index contributed by atoms with van der Waals surface area (Å²) in [5.41, 5.74) is 5.05. The predicted octanol–water partition coefficient (Wildman–Crippen LogP) is 2.57. The van der Waals surface area contributed by atoms with Crippen LogP contribution in [0.1, 0.15) is 23.4 Å². The number of pyridine rings is 1. The minimum absolute atomic E-state index is 0.0746. The molecule has 1 aliphatic rings. The second-order valence-corrected chi connectivity index (χ2v) is 6.79. The molecule has 3 heterocycles. The molecular weight excluding hydrogens is 340 g/mol. The average molecular weight is 360 g/mol. The lowest BCUT2D eigenvalue weighted by atomic mass is 9.96. The summed E-state index contributed by atoms with van der Waals surface area (Å²) in [6, 6.07) is 9.64. The first kappa shape index (κ1) is 17.1. The van der Waals surface area contributed by atoms with Gasteiger partial charge >= 0.3 is 0 Å². The number of nitrogens with zero attached hydrogens (tertiary/aromatic N) is 4. The molecule has 0 spiro atoms. The van der Waals surface area contributed by atoms with Crippen LogP contribution in [0.25, 0.3) is 11.1 Å². The molecule has 0 saturated carbocycles. The van der Waals surface area contributed by atoms with E-state index in [2.05, 4.69) is 16.0 Å². The van der Waals surface area contributed by atoms with Crippen molar-refractivity contribution in [1.82, 2.24) is 14.5 Å². The highest BCUT2D eigenvalue weighted by atomic mass is 16.2. The number of carbonyl (C=O) groups is 1. The Morgan fingerprint density at radius 2 is 1.89 bits per heavy atom. The summed E-state index contributed by atoms with van der Waals surface area (Å²) in [4.78, 5) is 34.2. The molecule has 1 amide bonds. The summed E-state index contributed by atoms with van der Waals surface area (Å²) in [5.74, 6) is 0.825. The van der Waals surface area contributed by atoms with Crippen LogP contribution in [0, 0.1) is 6.92 Å². The van der Waals surface area contributed by atoms with E-state index in [0.717, 1.165) is 28.8 Å².